The van der Waals surface area contributed by atoms with Gasteiger partial charge in [0.15, 0.2) is 5.54 Å². The molecule has 1 unspecified atom stereocenters. The summed E-state index contributed by atoms with van der Waals surface area (Å²) in [7, 11) is 0. The zero-order valence-corrected chi connectivity index (χ0v) is 15.9. The van der Waals surface area contributed by atoms with Crippen molar-refractivity contribution in [2.24, 2.45) is 10.7 Å². The van der Waals surface area contributed by atoms with Gasteiger partial charge in [-0.1, -0.05) is 48.0 Å². The number of rotatable bonds is 3. The number of benzene rings is 3. The third-order valence-electron chi connectivity index (χ3n) is 5.40. The molecule has 0 saturated heterocycles. The average molecular weight is 391 g/mol. The van der Waals surface area contributed by atoms with E-state index in [4.69, 9.17) is 31.8 Å². The van der Waals surface area contributed by atoms with E-state index < -0.39 is 5.54 Å². The minimum atomic E-state index is -0.670. The number of nitrogens with two attached hydrogens (primary N) is 1. The van der Waals surface area contributed by atoms with Crippen molar-refractivity contribution in [2.75, 3.05) is 13.2 Å². The summed E-state index contributed by atoms with van der Waals surface area (Å²) in [5.74, 6) is 0.947. The summed E-state index contributed by atoms with van der Waals surface area (Å²) in [5, 5.41) is 0.711. The molecule has 1 atom stereocenters. The lowest BCUT2D eigenvalue weighted by Gasteiger charge is -2.26. The predicted octanol–water partition coefficient (Wildman–Crippen LogP) is 4.53. The van der Waals surface area contributed by atoms with Gasteiger partial charge in [0.05, 0.1) is 6.61 Å². The van der Waals surface area contributed by atoms with Gasteiger partial charge in [-0.15, -0.1) is 0 Å². The van der Waals surface area contributed by atoms with Crippen LogP contribution in [0.2, 0.25) is 5.02 Å². The molecule has 4 nitrogen and oxygen atoms in total. The molecule has 0 aromatic heterocycles. The molecule has 0 amide bonds. The second-order valence-corrected chi connectivity index (χ2v) is 7.55. The Morgan fingerprint density at radius 2 is 1.68 bits per heavy atom. The fourth-order valence-corrected chi connectivity index (χ4v) is 4.15. The first kappa shape index (κ1) is 17.1. The van der Waals surface area contributed by atoms with Gasteiger partial charge in [0, 0.05) is 11.4 Å². The summed E-state index contributed by atoms with van der Waals surface area (Å²) in [6.45, 7) is 1.09. The zero-order chi connectivity index (χ0) is 19.1. The van der Waals surface area contributed by atoms with Crippen molar-refractivity contribution in [3.05, 3.63) is 88.4 Å². The van der Waals surface area contributed by atoms with E-state index in [9.17, 15) is 0 Å². The minimum Gasteiger partial charge on any atom is -0.493 e. The molecule has 0 bridgehead atoms. The molecule has 2 aliphatic heterocycles. The highest BCUT2D eigenvalue weighted by atomic mass is 35.5. The van der Waals surface area contributed by atoms with Crippen LogP contribution in [-0.4, -0.2) is 19.2 Å². The fourth-order valence-electron chi connectivity index (χ4n) is 3.96. The summed E-state index contributed by atoms with van der Waals surface area (Å²) < 4.78 is 11.3. The van der Waals surface area contributed by atoms with Crippen molar-refractivity contribution in [3.8, 4) is 16.9 Å². The monoisotopic (exact) mass is 390 g/mol. The third-order valence-corrected chi connectivity index (χ3v) is 5.63. The molecule has 0 radical (unpaired) electrons. The van der Waals surface area contributed by atoms with Gasteiger partial charge in [0.25, 0.3) is 6.02 Å². The summed E-state index contributed by atoms with van der Waals surface area (Å²) in [4.78, 5) is 4.74. The number of aliphatic imine (C=N–C) groups is 1. The van der Waals surface area contributed by atoms with E-state index in [2.05, 4.69) is 30.3 Å². The van der Waals surface area contributed by atoms with Crippen LogP contribution in [0.1, 0.15) is 16.7 Å². The molecular formula is C23H19ClN2O2. The fraction of sp³-hybridized carbons (Fsp3) is 0.174. The van der Waals surface area contributed by atoms with Gasteiger partial charge in [0.1, 0.15) is 12.4 Å². The van der Waals surface area contributed by atoms with Crippen molar-refractivity contribution in [1.82, 2.24) is 0 Å². The van der Waals surface area contributed by atoms with Crippen LogP contribution >= 0.6 is 11.6 Å². The Kier molecular flexibility index (Phi) is 4.02. The van der Waals surface area contributed by atoms with Crippen LogP contribution in [0.25, 0.3) is 11.1 Å². The Bertz CT molecular complexity index is 1100. The Morgan fingerprint density at radius 1 is 0.893 bits per heavy atom. The van der Waals surface area contributed by atoms with E-state index in [0.717, 1.165) is 41.0 Å². The molecule has 28 heavy (non-hydrogen) atoms. The van der Waals surface area contributed by atoms with E-state index in [1.165, 1.54) is 5.56 Å². The molecule has 3 aromatic carbocycles. The van der Waals surface area contributed by atoms with Crippen molar-refractivity contribution >= 4 is 17.6 Å². The molecule has 2 N–H and O–H groups in total. The predicted molar refractivity (Wildman–Crippen MR) is 111 cm³/mol. The zero-order valence-electron chi connectivity index (χ0n) is 15.2. The Morgan fingerprint density at radius 3 is 2.46 bits per heavy atom. The number of hydrogen-bond donors (Lipinski definition) is 1. The summed E-state index contributed by atoms with van der Waals surface area (Å²) in [6.07, 6.45) is 0.905. The van der Waals surface area contributed by atoms with Gasteiger partial charge in [-0.25, -0.2) is 4.99 Å². The van der Waals surface area contributed by atoms with Crippen LogP contribution in [0.3, 0.4) is 0 Å². The van der Waals surface area contributed by atoms with Crippen LogP contribution in [0, 0.1) is 0 Å². The van der Waals surface area contributed by atoms with Crippen LogP contribution in [0.5, 0.6) is 5.75 Å². The first-order valence-electron chi connectivity index (χ1n) is 9.25. The first-order chi connectivity index (χ1) is 13.6. The minimum absolute atomic E-state index is 0.213. The highest BCUT2D eigenvalue weighted by Crippen LogP contribution is 2.41. The van der Waals surface area contributed by atoms with Crippen LogP contribution < -0.4 is 10.5 Å². The smallest absolute Gasteiger partial charge is 0.283 e. The van der Waals surface area contributed by atoms with Crippen LogP contribution in [0.15, 0.2) is 71.7 Å². The number of hydrogen-bond acceptors (Lipinski definition) is 4. The van der Waals surface area contributed by atoms with E-state index in [1.54, 1.807) is 0 Å². The van der Waals surface area contributed by atoms with Crippen molar-refractivity contribution in [1.29, 1.82) is 0 Å². The number of halogens is 1. The normalized spacial score (nSPS) is 20.2. The van der Waals surface area contributed by atoms with Crippen LogP contribution in [-0.2, 0) is 16.7 Å². The molecule has 0 aliphatic carbocycles. The second-order valence-electron chi connectivity index (χ2n) is 7.11. The SMILES string of the molecule is NC1=NC(c2cccc(-c3cccc(Cl)c3)c2)(c2ccc3c(c2)CCO3)CO1. The summed E-state index contributed by atoms with van der Waals surface area (Å²) >= 11 is 6.19. The van der Waals surface area contributed by atoms with Gasteiger partial charge >= 0.3 is 0 Å². The molecule has 140 valence electrons. The average Bonchev–Trinajstić information content (AvgIpc) is 3.34. The Hall–Kier alpha value is -2.98. The first-order valence-corrected chi connectivity index (χ1v) is 9.63. The summed E-state index contributed by atoms with van der Waals surface area (Å²) in [5.41, 5.74) is 10.7. The lowest BCUT2D eigenvalue weighted by molar-refractivity contribution is 0.278. The van der Waals surface area contributed by atoms with E-state index >= 15 is 0 Å². The maximum absolute atomic E-state index is 6.19. The standard InChI is InChI=1S/C23H19ClN2O2/c24-20-6-2-4-16(13-20)15-3-1-5-18(11-15)23(14-28-22(25)26-23)19-7-8-21-17(12-19)9-10-27-21/h1-8,11-13H,9-10,14H2,(H2,25,26). The highest BCUT2D eigenvalue weighted by molar-refractivity contribution is 6.30. The topological polar surface area (TPSA) is 56.8 Å². The number of fused-ring (bicyclic) bond motifs is 1. The highest BCUT2D eigenvalue weighted by Gasteiger charge is 2.40. The van der Waals surface area contributed by atoms with E-state index in [0.29, 0.717) is 11.6 Å². The van der Waals surface area contributed by atoms with Gasteiger partial charge in [0.2, 0.25) is 0 Å². The van der Waals surface area contributed by atoms with Crippen molar-refractivity contribution < 1.29 is 9.47 Å². The molecule has 0 spiro atoms. The lowest BCUT2D eigenvalue weighted by atomic mass is 9.82. The lowest BCUT2D eigenvalue weighted by Crippen LogP contribution is -2.27. The second kappa shape index (κ2) is 6.57. The number of amidine groups is 1. The Balaban J connectivity index is 1.65. The molecular weight excluding hydrogens is 372 g/mol. The molecule has 5 rings (SSSR count). The quantitative estimate of drug-likeness (QED) is 0.714. The molecule has 2 aliphatic rings. The summed E-state index contributed by atoms with van der Waals surface area (Å²) in [6, 6.07) is 22.6. The molecule has 0 fully saturated rings. The van der Waals surface area contributed by atoms with Gasteiger partial charge in [-0.3, -0.25) is 0 Å². The maximum Gasteiger partial charge on any atom is 0.283 e. The van der Waals surface area contributed by atoms with Gasteiger partial charge in [-0.05, 0) is 58.1 Å². The van der Waals surface area contributed by atoms with Gasteiger partial charge < -0.3 is 15.2 Å². The number of nitrogens with zero attached hydrogens (tertiary/aromatic N) is 1. The van der Waals surface area contributed by atoms with Crippen LogP contribution in [0.4, 0.5) is 0 Å². The van der Waals surface area contributed by atoms with Gasteiger partial charge in [-0.2, -0.15) is 0 Å². The van der Waals surface area contributed by atoms with E-state index in [1.807, 2.05) is 36.4 Å². The van der Waals surface area contributed by atoms with E-state index in [-0.39, 0.29) is 6.02 Å². The molecule has 0 saturated carbocycles. The van der Waals surface area contributed by atoms with Crippen molar-refractivity contribution in [3.63, 3.8) is 0 Å². The molecule has 5 heteroatoms. The molecule has 2 heterocycles. The third kappa shape index (κ3) is 2.81. The largest absolute Gasteiger partial charge is 0.493 e. The number of ether oxygens (including phenoxy) is 2. The van der Waals surface area contributed by atoms with Crippen molar-refractivity contribution in [2.45, 2.75) is 12.0 Å². The molecule has 3 aromatic rings. The Labute approximate surface area is 168 Å². The maximum atomic E-state index is 6.19.